The molecule has 2 aromatic carbocycles. The molecule has 0 aliphatic heterocycles. The molecule has 8 heteroatoms. The number of non-ortho nitro benzene ring substituents is 1. The van der Waals surface area contributed by atoms with E-state index in [9.17, 15) is 20.0 Å². The zero-order valence-electron chi connectivity index (χ0n) is 13.0. The summed E-state index contributed by atoms with van der Waals surface area (Å²) in [5.74, 6) is -0.234. The summed E-state index contributed by atoms with van der Waals surface area (Å²) in [4.78, 5) is 24.1. The molecule has 0 aromatic heterocycles. The molecule has 7 nitrogen and oxygen atoms in total. The quantitative estimate of drug-likeness (QED) is 0.660. The van der Waals surface area contributed by atoms with Crippen molar-refractivity contribution in [3.05, 3.63) is 62.7 Å². The largest absolute Gasteiger partial charge is 0.507 e. The van der Waals surface area contributed by atoms with Gasteiger partial charge in [0.15, 0.2) is 0 Å². The molecule has 0 heterocycles. The summed E-state index contributed by atoms with van der Waals surface area (Å²) in [6, 6.07) is 8.37. The van der Waals surface area contributed by atoms with Gasteiger partial charge in [-0.2, -0.15) is 0 Å². The molecule has 2 rings (SSSR count). The number of hydrogen-bond donors (Lipinski definition) is 1. The minimum Gasteiger partial charge on any atom is -0.507 e. The highest BCUT2D eigenvalue weighted by Gasteiger charge is 2.19. The number of nitro groups is 1. The summed E-state index contributed by atoms with van der Waals surface area (Å²) < 4.78 is 4.97. The molecular formula is C16H15ClN2O5. The molecular weight excluding hydrogens is 336 g/mol. The number of carbonyl (C=O) groups excluding carboxylic acids is 1. The van der Waals surface area contributed by atoms with Gasteiger partial charge >= 0.3 is 0 Å². The van der Waals surface area contributed by atoms with Crippen molar-refractivity contribution >= 4 is 23.2 Å². The lowest BCUT2D eigenvalue weighted by atomic mass is 10.1. The predicted molar refractivity (Wildman–Crippen MR) is 88.6 cm³/mol. The highest BCUT2D eigenvalue weighted by atomic mass is 35.5. The second-order valence-corrected chi connectivity index (χ2v) is 5.48. The van der Waals surface area contributed by atoms with Crippen LogP contribution in [0.25, 0.3) is 0 Å². The lowest BCUT2D eigenvalue weighted by molar-refractivity contribution is -0.384. The van der Waals surface area contributed by atoms with Crippen LogP contribution in [0.4, 0.5) is 5.69 Å². The topological polar surface area (TPSA) is 92.9 Å². The molecule has 0 saturated carbocycles. The van der Waals surface area contributed by atoms with Crippen LogP contribution in [0.5, 0.6) is 11.5 Å². The lowest BCUT2D eigenvalue weighted by Crippen LogP contribution is -2.26. The summed E-state index contributed by atoms with van der Waals surface area (Å²) in [5.41, 5.74) is 0.428. The van der Waals surface area contributed by atoms with Crippen molar-refractivity contribution in [3.63, 3.8) is 0 Å². The maximum absolute atomic E-state index is 12.4. The van der Waals surface area contributed by atoms with E-state index in [-0.39, 0.29) is 23.5 Å². The van der Waals surface area contributed by atoms with Crippen LogP contribution in [-0.4, -0.2) is 35.0 Å². The maximum Gasteiger partial charge on any atom is 0.269 e. The Balaban J connectivity index is 2.23. The van der Waals surface area contributed by atoms with E-state index in [2.05, 4.69) is 0 Å². The third-order valence-corrected chi connectivity index (χ3v) is 3.80. The number of carbonyl (C=O) groups is 1. The average molecular weight is 351 g/mol. The molecule has 0 unspecified atom stereocenters. The number of phenols is 1. The van der Waals surface area contributed by atoms with E-state index >= 15 is 0 Å². The molecule has 0 aliphatic carbocycles. The normalized spacial score (nSPS) is 10.3. The Hall–Kier alpha value is -2.80. The first-order valence-electron chi connectivity index (χ1n) is 6.88. The van der Waals surface area contributed by atoms with E-state index in [1.54, 1.807) is 6.07 Å². The monoisotopic (exact) mass is 350 g/mol. The molecule has 0 bridgehead atoms. The van der Waals surface area contributed by atoms with Crippen molar-refractivity contribution in [2.75, 3.05) is 14.2 Å². The third kappa shape index (κ3) is 3.75. The number of methoxy groups -OCH3 is 1. The Labute approximate surface area is 143 Å². The van der Waals surface area contributed by atoms with Crippen molar-refractivity contribution in [2.45, 2.75) is 6.54 Å². The number of hydrogen-bond acceptors (Lipinski definition) is 5. The molecule has 0 spiro atoms. The summed E-state index contributed by atoms with van der Waals surface area (Å²) in [7, 11) is 2.97. The molecule has 1 N–H and O–H groups in total. The van der Waals surface area contributed by atoms with Gasteiger partial charge in [0, 0.05) is 36.8 Å². The first-order chi connectivity index (χ1) is 11.3. The highest BCUT2D eigenvalue weighted by molar-refractivity contribution is 6.31. The predicted octanol–water partition coefficient (Wildman–Crippen LogP) is 3.23. The van der Waals surface area contributed by atoms with Gasteiger partial charge in [-0.15, -0.1) is 0 Å². The summed E-state index contributed by atoms with van der Waals surface area (Å²) >= 11 is 6.04. The van der Waals surface area contributed by atoms with Crippen molar-refractivity contribution in [3.8, 4) is 11.5 Å². The van der Waals surface area contributed by atoms with Gasteiger partial charge < -0.3 is 14.7 Å². The van der Waals surface area contributed by atoms with Crippen LogP contribution < -0.4 is 4.74 Å². The first kappa shape index (κ1) is 17.6. The van der Waals surface area contributed by atoms with Gasteiger partial charge in [0.05, 0.1) is 17.6 Å². The third-order valence-electron chi connectivity index (χ3n) is 3.43. The fourth-order valence-electron chi connectivity index (χ4n) is 2.15. The van der Waals surface area contributed by atoms with E-state index < -0.39 is 10.8 Å². The lowest BCUT2D eigenvalue weighted by Gasteiger charge is -2.19. The van der Waals surface area contributed by atoms with Gasteiger partial charge in [0.2, 0.25) is 0 Å². The molecule has 0 fully saturated rings. The Morgan fingerprint density at radius 2 is 2.04 bits per heavy atom. The molecule has 1 amide bonds. The SMILES string of the molecule is COc1ccc(C(=O)N(C)Cc2cc([N+](=O)[O-])ccc2Cl)c(O)c1. The fourth-order valence-corrected chi connectivity index (χ4v) is 2.33. The Morgan fingerprint density at radius 3 is 2.62 bits per heavy atom. The van der Waals surface area contributed by atoms with Gasteiger partial charge in [-0.3, -0.25) is 14.9 Å². The van der Waals surface area contributed by atoms with E-state index in [4.69, 9.17) is 16.3 Å². The first-order valence-corrected chi connectivity index (χ1v) is 7.26. The summed E-state index contributed by atoms with van der Waals surface area (Å²) in [6.07, 6.45) is 0. The standard InChI is InChI=1S/C16H15ClN2O5/c1-18(9-10-7-11(19(22)23)3-6-14(10)17)16(21)13-5-4-12(24-2)8-15(13)20/h3-8,20H,9H2,1-2H3. The van der Waals surface area contributed by atoms with Crippen LogP contribution in [0, 0.1) is 10.1 Å². The fraction of sp³-hybridized carbons (Fsp3) is 0.188. The van der Waals surface area contributed by atoms with Crippen LogP contribution in [0.15, 0.2) is 36.4 Å². The minimum atomic E-state index is -0.531. The Kier molecular flexibility index (Phi) is 5.25. The number of nitrogens with zero attached hydrogens (tertiary/aromatic N) is 2. The van der Waals surface area contributed by atoms with Crippen molar-refractivity contribution in [1.82, 2.24) is 4.90 Å². The number of aromatic hydroxyl groups is 1. The van der Waals surface area contributed by atoms with Crippen LogP contribution in [0.1, 0.15) is 15.9 Å². The minimum absolute atomic E-state index is 0.0603. The van der Waals surface area contributed by atoms with Gasteiger partial charge in [-0.1, -0.05) is 11.6 Å². The number of phenolic OH excluding ortho intramolecular Hbond substituents is 1. The van der Waals surface area contributed by atoms with Crippen molar-refractivity contribution in [2.24, 2.45) is 0 Å². The highest BCUT2D eigenvalue weighted by Crippen LogP contribution is 2.27. The Bertz CT molecular complexity index is 794. The van der Waals surface area contributed by atoms with Gasteiger partial charge in [-0.25, -0.2) is 0 Å². The molecule has 0 radical (unpaired) electrons. The van der Waals surface area contributed by atoms with E-state index in [0.717, 1.165) is 0 Å². The second-order valence-electron chi connectivity index (χ2n) is 5.08. The van der Waals surface area contributed by atoms with Crippen LogP contribution in [-0.2, 0) is 6.54 Å². The number of ether oxygens (including phenoxy) is 1. The number of nitro benzene ring substituents is 1. The number of halogens is 1. The molecule has 0 aliphatic rings. The van der Waals surface area contributed by atoms with E-state index in [1.165, 1.54) is 49.4 Å². The maximum atomic E-state index is 12.4. The Morgan fingerprint density at radius 1 is 1.33 bits per heavy atom. The number of amides is 1. The molecule has 2 aromatic rings. The number of benzene rings is 2. The van der Waals surface area contributed by atoms with Crippen molar-refractivity contribution < 1.29 is 19.6 Å². The van der Waals surface area contributed by atoms with E-state index in [1.807, 2.05) is 0 Å². The summed E-state index contributed by atoms with van der Waals surface area (Å²) in [6.45, 7) is 0.0603. The zero-order valence-corrected chi connectivity index (χ0v) is 13.8. The van der Waals surface area contributed by atoms with Gasteiger partial charge in [0.1, 0.15) is 11.5 Å². The second kappa shape index (κ2) is 7.18. The molecule has 0 saturated heterocycles. The summed E-state index contributed by atoms with van der Waals surface area (Å²) in [5, 5.41) is 21.1. The van der Waals surface area contributed by atoms with E-state index in [0.29, 0.717) is 16.3 Å². The molecule has 126 valence electrons. The van der Waals surface area contributed by atoms with Crippen LogP contribution in [0.3, 0.4) is 0 Å². The molecule has 24 heavy (non-hydrogen) atoms. The van der Waals surface area contributed by atoms with Crippen molar-refractivity contribution in [1.29, 1.82) is 0 Å². The smallest absolute Gasteiger partial charge is 0.269 e. The van der Waals surface area contributed by atoms with Crippen LogP contribution in [0.2, 0.25) is 5.02 Å². The van der Waals surface area contributed by atoms with Gasteiger partial charge in [0.25, 0.3) is 11.6 Å². The molecule has 0 atom stereocenters. The zero-order chi connectivity index (χ0) is 17.9. The van der Waals surface area contributed by atoms with Gasteiger partial charge in [-0.05, 0) is 23.8 Å². The van der Waals surface area contributed by atoms with Crippen LogP contribution >= 0.6 is 11.6 Å². The number of rotatable bonds is 5. The average Bonchev–Trinajstić information content (AvgIpc) is 2.55.